The van der Waals surface area contributed by atoms with Crippen LogP contribution in [0.25, 0.3) is 6.08 Å². The number of nitrogens with zero attached hydrogens (tertiary/aromatic N) is 1. The number of aromatic hydroxyl groups is 1. The normalized spacial score (nSPS) is 16.1. The molecular formula is C16H10ClFN2O3. The van der Waals surface area contributed by atoms with Crippen molar-refractivity contribution in [2.75, 3.05) is 5.01 Å². The minimum Gasteiger partial charge on any atom is -0.507 e. The standard InChI is InChI=1S/C16H10ClFN2O3/c17-12-8-10(5-6-13(12)18)20-16(23)11(15(22)19-20)7-9-3-1-2-4-14(9)21/h1-8,21H,(H,19,22)/b11-7-. The van der Waals surface area contributed by atoms with E-state index in [0.717, 1.165) is 11.1 Å². The van der Waals surface area contributed by atoms with E-state index in [2.05, 4.69) is 5.43 Å². The zero-order chi connectivity index (χ0) is 16.6. The van der Waals surface area contributed by atoms with Crippen LogP contribution >= 0.6 is 11.6 Å². The molecule has 7 heteroatoms. The molecule has 1 saturated heterocycles. The number of benzene rings is 2. The van der Waals surface area contributed by atoms with Gasteiger partial charge in [-0.25, -0.2) is 9.40 Å². The molecule has 5 nitrogen and oxygen atoms in total. The molecule has 2 N–H and O–H groups in total. The molecule has 0 aliphatic carbocycles. The molecule has 0 atom stereocenters. The van der Waals surface area contributed by atoms with E-state index >= 15 is 0 Å². The third-order valence-corrected chi connectivity index (χ3v) is 3.58. The molecule has 1 aliphatic heterocycles. The Morgan fingerprint density at radius 3 is 2.61 bits per heavy atom. The third-order valence-electron chi connectivity index (χ3n) is 3.29. The topological polar surface area (TPSA) is 69.6 Å². The smallest absolute Gasteiger partial charge is 0.282 e. The molecule has 1 fully saturated rings. The predicted molar refractivity (Wildman–Crippen MR) is 83.1 cm³/mol. The largest absolute Gasteiger partial charge is 0.507 e. The quantitative estimate of drug-likeness (QED) is 0.656. The fourth-order valence-corrected chi connectivity index (χ4v) is 2.30. The highest BCUT2D eigenvalue weighted by molar-refractivity contribution is 6.33. The first-order valence-corrected chi connectivity index (χ1v) is 6.95. The van der Waals surface area contributed by atoms with Gasteiger partial charge in [-0.1, -0.05) is 29.8 Å². The lowest BCUT2D eigenvalue weighted by molar-refractivity contribution is -0.117. The number of carbonyl (C=O) groups is 2. The number of para-hydroxylation sites is 1. The molecule has 0 bridgehead atoms. The van der Waals surface area contributed by atoms with Gasteiger partial charge in [0.05, 0.1) is 10.7 Å². The Kier molecular flexibility index (Phi) is 3.75. The number of rotatable bonds is 2. The molecule has 23 heavy (non-hydrogen) atoms. The summed E-state index contributed by atoms with van der Waals surface area (Å²) >= 11 is 5.69. The SMILES string of the molecule is O=C1NN(c2ccc(F)c(Cl)c2)C(=O)/C1=C\c1ccccc1O. The van der Waals surface area contributed by atoms with Crippen molar-refractivity contribution in [1.29, 1.82) is 0 Å². The molecule has 1 heterocycles. The van der Waals surface area contributed by atoms with Crippen molar-refractivity contribution in [2.45, 2.75) is 0 Å². The number of carbonyl (C=O) groups excluding carboxylic acids is 2. The Labute approximate surface area is 135 Å². The van der Waals surface area contributed by atoms with Crippen molar-refractivity contribution in [2.24, 2.45) is 0 Å². The Hall–Kier alpha value is -2.86. The Morgan fingerprint density at radius 1 is 1.17 bits per heavy atom. The number of phenolic OH excluding ortho intramolecular Hbond substituents is 1. The summed E-state index contributed by atoms with van der Waals surface area (Å²) in [5.74, 6) is -1.93. The van der Waals surface area contributed by atoms with Crippen molar-refractivity contribution in [1.82, 2.24) is 5.43 Å². The minimum atomic E-state index is -0.627. The second-order valence-electron chi connectivity index (χ2n) is 4.80. The van der Waals surface area contributed by atoms with Crippen LogP contribution in [-0.2, 0) is 9.59 Å². The van der Waals surface area contributed by atoms with E-state index in [1.54, 1.807) is 18.2 Å². The second kappa shape index (κ2) is 5.73. The molecular weight excluding hydrogens is 323 g/mol. The Bertz CT molecular complexity index is 851. The van der Waals surface area contributed by atoms with Gasteiger partial charge in [-0.3, -0.25) is 15.0 Å². The summed E-state index contributed by atoms with van der Waals surface area (Å²) in [6.07, 6.45) is 1.29. The fourth-order valence-electron chi connectivity index (χ4n) is 2.13. The van der Waals surface area contributed by atoms with Crippen LogP contribution in [0.15, 0.2) is 48.0 Å². The van der Waals surface area contributed by atoms with Gasteiger partial charge in [0.2, 0.25) is 0 Å². The number of hydrogen-bond acceptors (Lipinski definition) is 3. The summed E-state index contributed by atoms with van der Waals surface area (Å²) in [6, 6.07) is 9.96. The van der Waals surface area contributed by atoms with Crippen LogP contribution in [0.2, 0.25) is 5.02 Å². The molecule has 0 aromatic heterocycles. The summed E-state index contributed by atoms with van der Waals surface area (Å²) in [5.41, 5.74) is 2.79. The van der Waals surface area contributed by atoms with E-state index in [-0.39, 0.29) is 22.0 Å². The van der Waals surface area contributed by atoms with E-state index in [1.165, 1.54) is 24.3 Å². The van der Waals surface area contributed by atoms with Crippen LogP contribution in [-0.4, -0.2) is 16.9 Å². The highest BCUT2D eigenvalue weighted by atomic mass is 35.5. The van der Waals surface area contributed by atoms with Gasteiger partial charge >= 0.3 is 0 Å². The summed E-state index contributed by atoms with van der Waals surface area (Å²) in [5, 5.41) is 10.5. The van der Waals surface area contributed by atoms with Crippen molar-refractivity contribution in [3.8, 4) is 5.75 Å². The fraction of sp³-hybridized carbons (Fsp3) is 0. The predicted octanol–water partition coefficient (Wildman–Crippen LogP) is 2.65. The Morgan fingerprint density at radius 2 is 1.91 bits per heavy atom. The van der Waals surface area contributed by atoms with E-state index in [1.807, 2.05) is 0 Å². The monoisotopic (exact) mass is 332 g/mol. The van der Waals surface area contributed by atoms with Gasteiger partial charge in [0.25, 0.3) is 11.8 Å². The third kappa shape index (κ3) is 2.76. The van der Waals surface area contributed by atoms with Gasteiger partial charge in [-0.2, -0.15) is 0 Å². The van der Waals surface area contributed by atoms with Gasteiger partial charge in [0.15, 0.2) is 0 Å². The molecule has 2 aromatic carbocycles. The van der Waals surface area contributed by atoms with Gasteiger partial charge in [0, 0.05) is 5.56 Å². The number of hydrazine groups is 1. The Balaban J connectivity index is 1.97. The molecule has 0 saturated carbocycles. The molecule has 2 amide bonds. The summed E-state index contributed by atoms with van der Waals surface area (Å²) in [6.45, 7) is 0. The second-order valence-corrected chi connectivity index (χ2v) is 5.20. The average Bonchev–Trinajstić information content (AvgIpc) is 2.80. The number of phenols is 1. The zero-order valence-electron chi connectivity index (χ0n) is 11.6. The maximum atomic E-state index is 13.2. The number of hydrogen-bond donors (Lipinski definition) is 2. The van der Waals surface area contributed by atoms with Gasteiger partial charge in [-0.15, -0.1) is 0 Å². The molecule has 116 valence electrons. The van der Waals surface area contributed by atoms with Gasteiger partial charge in [0.1, 0.15) is 17.1 Å². The summed E-state index contributed by atoms with van der Waals surface area (Å²) in [7, 11) is 0. The van der Waals surface area contributed by atoms with Gasteiger partial charge < -0.3 is 5.11 Å². The highest BCUT2D eigenvalue weighted by Gasteiger charge is 2.34. The number of nitrogens with one attached hydrogen (secondary N) is 1. The van der Waals surface area contributed by atoms with Crippen LogP contribution in [0.5, 0.6) is 5.75 Å². The first-order chi connectivity index (χ1) is 11.0. The van der Waals surface area contributed by atoms with Crippen LogP contribution in [0, 0.1) is 5.82 Å². The lowest BCUT2D eigenvalue weighted by atomic mass is 10.1. The van der Waals surface area contributed by atoms with Crippen molar-refractivity contribution >= 4 is 35.2 Å². The minimum absolute atomic E-state index is 0.0520. The maximum absolute atomic E-state index is 13.2. The summed E-state index contributed by atoms with van der Waals surface area (Å²) < 4.78 is 13.2. The molecule has 3 rings (SSSR count). The highest BCUT2D eigenvalue weighted by Crippen LogP contribution is 2.27. The van der Waals surface area contributed by atoms with Crippen molar-refractivity contribution in [3.05, 3.63) is 64.4 Å². The van der Waals surface area contributed by atoms with E-state index in [0.29, 0.717) is 5.56 Å². The summed E-state index contributed by atoms with van der Waals surface area (Å²) in [4.78, 5) is 24.4. The molecule has 1 aliphatic rings. The van der Waals surface area contributed by atoms with E-state index in [9.17, 15) is 19.1 Å². The van der Waals surface area contributed by atoms with Crippen LogP contribution in [0.1, 0.15) is 5.56 Å². The van der Waals surface area contributed by atoms with Crippen LogP contribution in [0.4, 0.5) is 10.1 Å². The van der Waals surface area contributed by atoms with E-state index < -0.39 is 17.6 Å². The maximum Gasteiger partial charge on any atom is 0.282 e. The molecule has 0 unspecified atom stereocenters. The van der Waals surface area contributed by atoms with Crippen molar-refractivity contribution in [3.63, 3.8) is 0 Å². The first-order valence-electron chi connectivity index (χ1n) is 6.57. The van der Waals surface area contributed by atoms with Crippen LogP contribution < -0.4 is 10.4 Å². The van der Waals surface area contributed by atoms with E-state index in [4.69, 9.17) is 11.6 Å². The first kappa shape index (κ1) is 15.1. The van der Waals surface area contributed by atoms with Gasteiger partial charge in [-0.05, 0) is 30.3 Å². The molecule has 0 spiro atoms. The van der Waals surface area contributed by atoms with Crippen molar-refractivity contribution < 1.29 is 19.1 Å². The molecule has 0 radical (unpaired) electrons. The average molecular weight is 333 g/mol. The number of amides is 2. The lowest BCUT2D eigenvalue weighted by Gasteiger charge is -2.14. The number of halogens is 2. The zero-order valence-corrected chi connectivity index (χ0v) is 12.3. The lowest BCUT2D eigenvalue weighted by Crippen LogP contribution is -2.35. The number of anilines is 1. The van der Waals surface area contributed by atoms with Crippen LogP contribution in [0.3, 0.4) is 0 Å². The molecule has 2 aromatic rings.